The molecule has 42 heavy (non-hydrogen) atoms. The Hall–Kier alpha value is -3.69. The van der Waals surface area contributed by atoms with Crippen molar-refractivity contribution < 1.29 is 40.7 Å². The van der Waals surface area contributed by atoms with E-state index in [0.29, 0.717) is 25.0 Å². The number of hydrogen-bond acceptors (Lipinski definition) is 6. The number of aromatic nitrogens is 3. The summed E-state index contributed by atoms with van der Waals surface area (Å²) >= 11 is 0. The van der Waals surface area contributed by atoms with E-state index in [9.17, 15) is 40.7 Å². The molecule has 0 radical (unpaired) electrons. The van der Waals surface area contributed by atoms with Gasteiger partial charge in [-0.2, -0.15) is 13.2 Å². The van der Waals surface area contributed by atoms with E-state index in [0.717, 1.165) is 4.57 Å². The molecule has 1 aromatic heterocycles. The highest BCUT2D eigenvalue weighted by Gasteiger charge is 2.41. The molecule has 2 aliphatic heterocycles. The first-order valence-corrected chi connectivity index (χ1v) is 13.4. The van der Waals surface area contributed by atoms with Crippen molar-refractivity contribution in [2.24, 2.45) is 11.7 Å². The minimum absolute atomic E-state index is 0.0873. The summed E-state index contributed by atoms with van der Waals surface area (Å²) in [4.78, 5) is 42.1. The van der Waals surface area contributed by atoms with Gasteiger partial charge in [0.05, 0.1) is 12.6 Å². The summed E-state index contributed by atoms with van der Waals surface area (Å²) in [6.45, 7) is 3.17. The Morgan fingerprint density at radius 2 is 1.74 bits per heavy atom. The number of halogens is 6. The predicted octanol–water partition coefficient (Wildman–Crippen LogP) is 2.15. The molecular formula is C26H31F6N7O3. The molecule has 1 fully saturated rings. The lowest BCUT2D eigenvalue weighted by molar-refractivity contribution is -0.148. The Labute approximate surface area is 237 Å². The summed E-state index contributed by atoms with van der Waals surface area (Å²) in [5, 5.41) is 9.36. The molecule has 2 aromatic rings. The van der Waals surface area contributed by atoms with Gasteiger partial charge in [-0.15, -0.1) is 10.2 Å². The van der Waals surface area contributed by atoms with Gasteiger partial charge in [-0.05, 0) is 36.8 Å². The van der Waals surface area contributed by atoms with E-state index in [2.05, 4.69) is 15.5 Å². The number of carbonyl (C=O) groups excluding carboxylic acids is 3. The molecule has 4 rings (SSSR count). The zero-order valence-electron chi connectivity index (χ0n) is 22.9. The third kappa shape index (κ3) is 6.68. The molecule has 230 valence electrons. The van der Waals surface area contributed by atoms with Gasteiger partial charge in [0.25, 0.3) is 0 Å². The monoisotopic (exact) mass is 603 g/mol. The summed E-state index contributed by atoms with van der Waals surface area (Å²) in [6, 6.07) is -1.91. The molecule has 0 saturated carbocycles. The van der Waals surface area contributed by atoms with Crippen LogP contribution in [0.5, 0.6) is 0 Å². The first kappa shape index (κ1) is 31.3. The van der Waals surface area contributed by atoms with Crippen LogP contribution >= 0.6 is 0 Å². The zero-order valence-corrected chi connectivity index (χ0v) is 22.9. The molecule has 2 unspecified atom stereocenters. The maximum Gasteiger partial charge on any atom is 0.451 e. The average Bonchev–Trinajstić information content (AvgIpc) is 3.58. The van der Waals surface area contributed by atoms with Crippen molar-refractivity contribution in [1.29, 1.82) is 0 Å². The fourth-order valence-electron chi connectivity index (χ4n) is 5.16. The van der Waals surface area contributed by atoms with Gasteiger partial charge in [0.15, 0.2) is 17.5 Å². The topological polar surface area (TPSA) is 126 Å². The van der Waals surface area contributed by atoms with Crippen LogP contribution in [0, 0.1) is 23.4 Å². The summed E-state index contributed by atoms with van der Waals surface area (Å²) in [5.74, 6) is -6.94. The minimum atomic E-state index is -4.73. The Bertz CT molecular complexity index is 1350. The van der Waals surface area contributed by atoms with Crippen LogP contribution in [-0.4, -0.2) is 73.5 Å². The van der Waals surface area contributed by atoms with Crippen molar-refractivity contribution in [3.05, 3.63) is 46.8 Å². The molecule has 0 spiro atoms. The van der Waals surface area contributed by atoms with Crippen LogP contribution in [0.25, 0.3) is 0 Å². The van der Waals surface area contributed by atoms with Crippen LogP contribution in [0.3, 0.4) is 0 Å². The highest BCUT2D eigenvalue weighted by Crippen LogP contribution is 2.30. The number of hydrogen-bond donors (Lipinski definition) is 2. The average molecular weight is 604 g/mol. The Morgan fingerprint density at radius 1 is 1.05 bits per heavy atom. The van der Waals surface area contributed by atoms with Gasteiger partial charge in [0, 0.05) is 38.2 Å². The molecule has 3 amide bonds. The van der Waals surface area contributed by atoms with Crippen molar-refractivity contribution in [2.45, 2.75) is 76.9 Å². The molecule has 0 bridgehead atoms. The van der Waals surface area contributed by atoms with Gasteiger partial charge in [-0.1, -0.05) is 13.8 Å². The van der Waals surface area contributed by atoms with Crippen LogP contribution < -0.4 is 11.1 Å². The van der Waals surface area contributed by atoms with Crippen molar-refractivity contribution in [2.75, 3.05) is 13.1 Å². The summed E-state index contributed by atoms with van der Waals surface area (Å²) < 4.78 is 82.4. The molecule has 2 aliphatic rings. The molecule has 1 saturated heterocycles. The predicted molar refractivity (Wildman–Crippen MR) is 135 cm³/mol. The number of amides is 3. The lowest BCUT2D eigenvalue weighted by atomic mass is 10.0. The Morgan fingerprint density at radius 3 is 2.40 bits per heavy atom. The number of nitrogens with two attached hydrogens (primary N) is 1. The number of nitrogens with one attached hydrogen (secondary N) is 1. The first-order valence-electron chi connectivity index (χ1n) is 13.4. The summed E-state index contributed by atoms with van der Waals surface area (Å²) in [6.07, 6.45) is -4.75. The summed E-state index contributed by atoms with van der Waals surface area (Å²) in [5.41, 5.74) is 5.70. The second kappa shape index (κ2) is 12.3. The number of fused-ring (bicyclic) bond motifs is 1. The fraction of sp³-hybridized carbons (Fsp3) is 0.577. The number of rotatable bonds is 8. The second-order valence-corrected chi connectivity index (χ2v) is 10.8. The number of carbonyl (C=O) groups is 3. The summed E-state index contributed by atoms with van der Waals surface area (Å²) in [7, 11) is 0. The van der Waals surface area contributed by atoms with Gasteiger partial charge in [-0.25, -0.2) is 13.2 Å². The maximum absolute atomic E-state index is 14.5. The molecule has 3 heterocycles. The first-order chi connectivity index (χ1) is 19.7. The van der Waals surface area contributed by atoms with E-state index in [1.54, 1.807) is 13.8 Å². The quantitative estimate of drug-likeness (QED) is 0.352. The van der Waals surface area contributed by atoms with Crippen LogP contribution in [-0.2, 0) is 40.1 Å². The minimum Gasteiger partial charge on any atom is -0.351 e. The molecule has 0 aliphatic carbocycles. The molecule has 16 heteroatoms. The number of alkyl halides is 3. The Balaban J connectivity index is 1.53. The van der Waals surface area contributed by atoms with Crippen LogP contribution in [0.2, 0.25) is 0 Å². The van der Waals surface area contributed by atoms with E-state index >= 15 is 0 Å². The van der Waals surface area contributed by atoms with Gasteiger partial charge >= 0.3 is 6.18 Å². The van der Waals surface area contributed by atoms with Crippen LogP contribution in [0.15, 0.2) is 12.1 Å². The highest BCUT2D eigenvalue weighted by molar-refractivity contribution is 5.91. The number of nitrogens with zero attached hydrogens (tertiary/aromatic N) is 5. The molecule has 3 N–H and O–H groups in total. The van der Waals surface area contributed by atoms with Crippen LogP contribution in [0.4, 0.5) is 26.3 Å². The fourth-order valence-corrected chi connectivity index (χ4v) is 5.16. The number of benzene rings is 1. The molecule has 10 nitrogen and oxygen atoms in total. The SMILES string of the molecule is CC(C)C(N)C(=O)N1CCCC1C(=O)N[C@@H](CC(=O)N1CCn2c(nnc2C(F)(F)F)C1)Cc1cc(F)c(F)cc1F. The maximum atomic E-state index is 14.5. The van der Waals surface area contributed by atoms with Crippen molar-refractivity contribution in [3.8, 4) is 0 Å². The highest BCUT2D eigenvalue weighted by atomic mass is 19.4. The largest absolute Gasteiger partial charge is 0.451 e. The van der Waals surface area contributed by atoms with Gasteiger partial charge in [0.1, 0.15) is 11.9 Å². The van der Waals surface area contributed by atoms with E-state index in [4.69, 9.17) is 5.73 Å². The van der Waals surface area contributed by atoms with Crippen molar-refractivity contribution in [1.82, 2.24) is 29.9 Å². The third-order valence-electron chi connectivity index (χ3n) is 7.52. The van der Waals surface area contributed by atoms with Crippen molar-refractivity contribution in [3.63, 3.8) is 0 Å². The smallest absolute Gasteiger partial charge is 0.351 e. The molecule has 1 aromatic carbocycles. The van der Waals surface area contributed by atoms with E-state index in [1.165, 1.54) is 9.80 Å². The van der Waals surface area contributed by atoms with Crippen LogP contribution in [0.1, 0.15) is 50.3 Å². The van der Waals surface area contributed by atoms with E-state index in [-0.39, 0.29) is 43.5 Å². The molecular weight excluding hydrogens is 572 g/mol. The second-order valence-electron chi connectivity index (χ2n) is 10.8. The standard InChI is InChI=1S/C26H31F6N7O3/c1-13(2)22(33)24(42)38-5-3-4-19(38)23(41)34-15(8-14-9-17(28)18(29)11-16(14)27)10-21(40)37-6-7-39-20(12-37)35-36-25(39)26(30,31)32/h9,11,13,15,19,22H,3-8,10,12,33H2,1-2H3,(H,34,41)/t15-,19?,22?/m1/s1. The number of likely N-dealkylation sites (tertiary alicyclic amines) is 1. The Kier molecular flexibility index (Phi) is 9.13. The van der Waals surface area contributed by atoms with E-state index in [1.807, 2.05) is 0 Å². The lowest BCUT2D eigenvalue weighted by Gasteiger charge is -2.31. The van der Waals surface area contributed by atoms with Gasteiger partial charge in [-0.3, -0.25) is 14.4 Å². The third-order valence-corrected chi connectivity index (χ3v) is 7.52. The molecule has 3 atom stereocenters. The van der Waals surface area contributed by atoms with Gasteiger partial charge < -0.3 is 25.4 Å². The normalized spacial score (nSPS) is 18.7. The van der Waals surface area contributed by atoms with E-state index < -0.39 is 78.1 Å². The lowest BCUT2D eigenvalue weighted by Crippen LogP contribution is -2.54. The van der Waals surface area contributed by atoms with Crippen molar-refractivity contribution >= 4 is 17.7 Å². The zero-order chi connectivity index (χ0) is 30.9. The van der Waals surface area contributed by atoms with Gasteiger partial charge in [0.2, 0.25) is 23.5 Å².